The summed E-state index contributed by atoms with van der Waals surface area (Å²) in [5, 5.41) is 0. The maximum Gasteiger partial charge on any atom is 0.354 e. The summed E-state index contributed by atoms with van der Waals surface area (Å²) < 4.78 is 10.4. The van der Waals surface area contributed by atoms with Gasteiger partial charge >= 0.3 is 5.97 Å². The van der Waals surface area contributed by atoms with Crippen molar-refractivity contribution < 1.29 is 13.9 Å². The molecule has 0 spiro atoms. The number of ether oxygens (including phenoxy) is 1. The molecule has 0 unspecified atom stereocenters. The van der Waals surface area contributed by atoms with Gasteiger partial charge < -0.3 is 14.1 Å². The van der Waals surface area contributed by atoms with E-state index >= 15 is 0 Å². The van der Waals surface area contributed by atoms with Crippen LogP contribution < -0.4 is 0 Å². The lowest BCUT2D eigenvalue weighted by atomic mass is 10.2. The van der Waals surface area contributed by atoms with Crippen molar-refractivity contribution in [1.29, 1.82) is 0 Å². The summed E-state index contributed by atoms with van der Waals surface area (Å²) in [7, 11) is 0. The van der Waals surface area contributed by atoms with E-state index in [1.54, 1.807) is 18.4 Å². The second-order valence-electron chi connectivity index (χ2n) is 4.43. The zero-order valence-corrected chi connectivity index (χ0v) is 10.7. The maximum atomic E-state index is 11.7. The zero-order chi connectivity index (χ0) is 12.8. The summed E-state index contributed by atoms with van der Waals surface area (Å²) in [4.78, 5) is 14.7. The van der Waals surface area contributed by atoms with Crippen molar-refractivity contribution >= 4 is 17.1 Å². The Morgan fingerprint density at radius 1 is 1.33 bits per heavy atom. The van der Waals surface area contributed by atoms with Crippen LogP contribution in [0.2, 0.25) is 0 Å². The number of carbonyl (C=O) groups excluding carboxylic acids is 1. The number of nitrogens with one attached hydrogen (secondary N) is 1. The highest BCUT2D eigenvalue weighted by Gasteiger charge is 2.11. The lowest BCUT2D eigenvalue weighted by Crippen LogP contribution is -2.06. The molecule has 0 saturated heterocycles. The predicted molar refractivity (Wildman–Crippen MR) is 69.6 cm³/mol. The minimum atomic E-state index is -0.308. The van der Waals surface area contributed by atoms with Crippen LogP contribution in [0.5, 0.6) is 0 Å². The molecule has 4 nitrogen and oxygen atoms in total. The fourth-order valence-electron chi connectivity index (χ4n) is 1.91. The van der Waals surface area contributed by atoms with Crippen LogP contribution in [0.1, 0.15) is 49.5 Å². The number of rotatable bonds is 7. The van der Waals surface area contributed by atoms with Gasteiger partial charge in [-0.3, -0.25) is 0 Å². The Kier molecular flexibility index (Phi) is 4.45. The minimum Gasteiger partial charge on any atom is -0.463 e. The van der Waals surface area contributed by atoms with Gasteiger partial charge in [0.2, 0.25) is 0 Å². The molecule has 0 aliphatic rings. The maximum absolute atomic E-state index is 11.7. The molecular formula is C14H19NO3. The Bertz CT molecular complexity index is 469. The Balaban J connectivity index is 1.73. The molecule has 0 aromatic carbocycles. The lowest BCUT2D eigenvalue weighted by molar-refractivity contribution is 0.0492. The van der Waals surface area contributed by atoms with E-state index in [1.165, 1.54) is 19.3 Å². The van der Waals surface area contributed by atoms with E-state index < -0.39 is 0 Å². The van der Waals surface area contributed by atoms with Gasteiger partial charge in [-0.1, -0.05) is 32.6 Å². The van der Waals surface area contributed by atoms with Crippen LogP contribution in [0, 0.1) is 0 Å². The van der Waals surface area contributed by atoms with E-state index in [9.17, 15) is 4.79 Å². The number of hydrogen-bond donors (Lipinski definition) is 1. The number of esters is 1. The van der Waals surface area contributed by atoms with Gasteiger partial charge in [0.05, 0.1) is 18.4 Å². The first kappa shape index (κ1) is 12.7. The van der Waals surface area contributed by atoms with Crippen LogP contribution in [-0.4, -0.2) is 17.6 Å². The number of unbranched alkanes of at least 4 members (excludes halogenated alkanes) is 4. The molecule has 1 N–H and O–H groups in total. The average Bonchev–Trinajstić information content (AvgIpc) is 2.93. The summed E-state index contributed by atoms with van der Waals surface area (Å²) in [5.41, 5.74) is 1.97. The van der Waals surface area contributed by atoms with Gasteiger partial charge in [-0.2, -0.15) is 0 Å². The third-order valence-corrected chi connectivity index (χ3v) is 2.94. The van der Waals surface area contributed by atoms with Crippen LogP contribution in [0.3, 0.4) is 0 Å². The third kappa shape index (κ3) is 3.15. The quantitative estimate of drug-likeness (QED) is 0.598. The molecule has 98 valence electrons. The summed E-state index contributed by atoms with van der Waals surface area (Å²) >= 11 is 0. The molecule has 2 heterocycles. The molecule has 0 fully saturated rings. The van der Waals surface area contributed by atoms with Crippen LogP contribution >= 0.6 is 0 Å². The van der Waals surface area contributed by atoms with Crippen LogP contribution in [0.25, 0.3) is 11.1 Å². The van der Waals surface area contributed by atoms with Gasteiger partial charge in [0.15, 0.2) is 5.58 Å². The molecule has 2 rings (SSSR count). The van der Waals surface area contributed by atoms with Crippen molar-refractivity contribution in [3.63, 3.8) is 0 Å². The standard InChI is InChI=1S/C14H19NO3/c1-2-3-4-5-6-8-18-14(16)12-10-13-11(15-12)7-9-17-13/h7,9-10,15H,2-6,8H2,1H3. The second-order valence-corrected chi connectivity index (χ2v) is 4.43. The number of H-pyrrole nitrogens is 1. The molecule has 0 radical (unpaired) electrons. The molecule has 0 aliphatic heterocycles. The number of fused-ring (bicyclic) bond motifs is 1. The largest absolute Gasteiger partial charge is 0.463 e. The molecule has 0 bridgehead atoms. The van der Waals surface area contributed by atoms with Gasteiger partial charge in [-0.15, -0.1) is 0 Å². The number of aromatic nitrogens is 1. The molecule has 18 heavy (non-hydrogen) atoms. The number of carbonyl (C=O) groups is 1. The SMILES string of the molecule is CCCCCCCOC(=O)c1cc2occc2[nH]1. The average molecular weight is 249 g/mol. The second kappa shape index (κ2) is 6.28. The molecule has 0 amide bonds. The summed E-state index contributed by atoms with van der Waals surface area (Å²) in [6.07, 6.45) is 7.33. The Morgan fingerprint density at radius 3 is 2.94 bits per heavy atom. The fourth-order valence-corrected chi connectivity index (χ4v) is 1.91. The molecule has 2 aromatic rings. The molecule has 4 heteroatoms. The number of furan rings is 1. The van der Waals surface area contributed by atoms with E-state index in [4.69, 9.17) is 9.15 Å². The van der Waals surface area contributed by atoms with Crippen molar-refractivity contribution in [1.82, 2.24) is 4.98 Å². The third-order valence-electron chi connectivity index (χ3n) is 2.94. The highest BCUT2D eigenvalue weighted by molar-refractivity contribution is 5.93. The molecule has 0 atom stereocenters. The zero-order valence-electron chi connectivity index (χ0n) is 10.7. The van der Waals surface area contributed by atoms with Crippen molar-refractivity contribution in [2.75, 3.05) is 6.61 Å². The van der Waals surface area contributed by atoms with E-state index in [1.807, 2.05) is 0 Å². The van der Waals surface area contributed by atoms with Gasteiger partial charge in [0, 0.05) is 12.1 Å². The lowest BCUT2D eigenvalue weighted by Gasteiger charge is -2.02. The van der Waals surface area contributed by atoms with E-state index in [0.717, 1.165) is 18.4 Å². The van der Waals surface area contributed by atoms with Gasteiger partial charge in [0.1, 0.15) is 5.69 Å². The molecule has 0 saturated carbocycles. The van der Waals surface area contributed by atoms with Crippen LogP contribution in [0.4, 0.5) is 0 Å². The molecule has 0 aliphatic carbocycles. The van der Waals surface area contributed by atoms with Gasteiger partial charge in [0.25, 0.3) is 0 Å². The first-order valence-corrected chi connectivity index (χ1v) is 6.54. The van der Waals surface area contributed by atoms with E-state index in [0.29, 0.717) is 17.9 Å². The van der Waals surface area contributed by atoms with Crippen LogP contribution in [-0.2, 0) is 4.74 Å². The van der Waals surface area contributed by atoms with E-state index in [2.05, 4.69) is 11.9 Å². The minimum absolute atomic E-state index is 0.308. The topological polar surface area (TPSA) is 55.2 Å². The van der Waals surface area contributed by atoms with Crippen molar-refractivity contribution in [2.45, 2.75) is 39.0 Å². The monoisotopic (exact) mass is 249 g/mol. The smallest absolute Gasteiger partial charge is 0.354 e. The Hall–Kier alpha value is -1.71. The summed E-state index contributed by atoms with van der Waals surface area (Å²) in [5.74, 6) is -0.308. The van der Waals surface area contributed by atoms with Gasteiger partial charge in [-0.05, 0) is 6.42 Å². The first-order valence-electron chi connectivity index (χ1n) is 6.54. The predicted octanol–water partition coefficient (Wildman–Crippen LogP) is 3.89. The van der Waals surface area contributed by atoms with E-state index in [-0.39, 0.29) is 5.97 Å². The molecular weight excluding hydrogens is 230 g/mol. The van der Waals surface area contributed by atoms with Crippen molar-refractivity contribution in [3.05, 3.63) is 24.1 Å². The fraction of sp³-hybridized carbons (Fsp3) is 0.500. The Morgan fingerprint density at radius 2 is 2.17 bits per heavy atom. The van der Waals surface area contributed by atoms with Crippen molar-refractivity contribution in [2.24, 2.45) is 0 Å². The highest BCUT2D eigenvalue weighted by Crippen LogP contribution is 2.16. The summed E-state index contributed by atoms with van der Waals surface area (Å²) in [6.45, 7) is 2.67. The van der Waals surface area contributed by atoms with Gasteiger partial charge in [-0.25, -0.2) is 4.79 Å². The first-order chi connectivity index (χ1) is 8.81. The molecule has 2 aromatic heterocycles. The summed E-state index contributed by atoms with van der Waals surface area (Å²) in [6, 6.07) is 3.46. The number of aromatic amines is 1. The number of hydrogen-bond acceptors (Lipinski definition) is 3. The van der Waals surface area contributed by atoms with Crippen molar-refractivity contribution in [3.8, 4) is 0 Å². The highest BCUT2D eigenvalue weighted by atomic mass is 16.5. The normalized spacial score (nSPS) is 10.9. The Labute approximate surface area is 106 Å². The van der Waals surface area contributed by atoms with Crippen LogP contribution in [0.15, 0.2) is 22.8 Å².